The number of hydrogen-bond donors (Lipinski definition) is 0. The van der Waals surface area contributed by atoms with Crippen LogP contribution in [-0.4, -0.2) is 32.6 Å². The zero-order valence-corrected chi connectivity index (χ0v) is 17.4. The number of rotatable bonds is 6. The lowest BCUT2D eigenvalue weighted by Gasteiger charge is -2.36. The van der Waals surface area contributed by atoms with E-state index >= 15 is 0 Å². The molecule has 0 saturated heterocycles. The Morgan fingerprint density at radius 1 is 1.26 bits per heavy atom. The Balaban J connectivity index is 1.58. The van der Waals surface area contributed by atoms with Crippen molar-refractivity contribution >= 4 is 17.7 Å². The average Bonchev–Trinajstić information content (AvgIpc) is 3.01. The van der Waals surface area contributed by atoms with Gasteiger partial charge in [0.05, 0.1) is 5.75 Å². The number of benzene rings is 1. The third kappa shape index (κ3) is 4.92. The van der Waals surface area contributed by atoms with Gasteiger partial charge in [-0.15, -0.1) is 10.2 Å². The molecule has 0 unspecified atom stereocenters. The molecule has 27 heavy (non-hydrogen) atoms. The molecule has 3 rings (SSSR count). The highest BCUT2D eigenvalue weighted by Gasteiger charge is 2.33. The first-order chi connectivity index (χ1) is 13.0. The van der Waals surface area contributed by atoms with Gasteiger partial charge in [-0.3, -0.25) is 4.79 Å². The van der Waals surface area contributed by atoms with Crippen LogP contribution in [0.5, 0.6) is 0 Å². The van der Waals surface area contributed by atoms with Crippen LogP contribution in [-0.2, 0) is 16.6 Å². The van der Waals surface area contributed by atoms with Crippen molar-refractivity contribution in [2.24, 2.45) is 24.8 Å². The van der Waals surface area contributed by atoms with Crippen LogP contribution in [0.4, 0.5) is 0 Å². The molecule has 1 heterocycles. The number of nitrogens with zero attached hydrogens (tertiary/aromatic N) is 3. The van der Waals surface area contributed by atoms with Crippen molar-refractivity contribution in [3.05, 3.63) is 30.3 Å². The van der Waals surface area contributed by atoms with Crippen LogP contribution in [0.2, 0.25) is 0 Å². The summed E-state index contributed by atoms with van der Waals surface area (Å²) in [4.78, 5) is 12.4. The van der Waals surface area contributed by atoms with Crippen molar-refractivity contribution in [2.75, 3.05) is 5.75 Å². The molecule has 3 atom stereocenters. The molecule has 2 aromatic rings. The fourth-order valence-electron chi connectivity index (χ4n) is 3.86. The lowest BCUT2D eigenvalue weighted by molar-refractivity contribution is -0.152. The van der Waals surface area contributed by atoms with Gasteiger partial charge in [-0.25, -0.2) is 0 Å². The van der Waals surface area contributed by atoms with E-state index in [-0.39, 0.29) is 17.8 Å². The van der Waals surface area contributed by atoms with Crippen LogP contribution < -0.4 is 0 Å². The fraction of sp³-hybridized carbons (Fsp3) is 0.571. The molecule has 0 amide bonds. The number of esters is 1. The van der Waals surface area contributed by atoms with Gasteiger partial charge in [0.2, 0.25) is 0 Å². The summed E-state index contributed by atoms with van der Waals surface area (Å²) >= 11 is 1.38. The van der Waals surface area contributed by atoms with Crippen LogP contribution in [0.3, 0.4) is 0 Å². The number of hydrogen-bond acceptors (Lipinski definition) is 5. The Hall–Kier alpha value is -1.82. The molecular weight excluding hydrogens is 358 g/mol. The smallest absolute Gasteiger partial charge is 0.316 e. The summed E-state index contributed by atoms with van der Waals surface area (Å²) in [5, 5.41) is 9.22. The van der Waals surface area contributed by atoms with Crippen LogP contribution in [0.25, 0.3) is 11.4 Å². The highest BCUT2D eigenvalue weighted by molar-refractivity contribution is 7.99. The monoisotopic (exact) mass is 387 g/mol. The zero-order chi connectivity index (χ0) is 19.4. The molecule has 6 heteroatoms. The molecule has 1 aromatic carbocycles. The first-order valence-corrected chi connectivity index (χ1v) is 10.7. The Morgan fingerprint density at radius 3 is 2.70 bits per heavy atom. The minimum absolute atomic E-state index is 0.0428. The predicted octanol–water partition coefficient (Wildman–Crippen LogP) is 4.58. The number of ether oxygens (including phenoxy) is 1. The number of thioether (sulfide) groups is 1. The van der Waals surface area contributed by atoms with E-state index in [1.165, 1.54) is 18.2 Å². The van der Waals surface area contributed by atoms with Gasteiger partial charge in [-0.05, 0) is 30.6 Å². The molecule has 0 bridgehead atoms. The topological polar surface area (TPSA) is 57.0 Å². The second-order valence-corrected chi connectivity index (χ2v) is 8.82. The van der Waals surface area contributed by atoms with E-state index in [1.54, 1.807) is 0 Å². The highest BCUT2D eigenvalue weighted by Crippen LogP contribution is 2.35. The van der Waals surface area contributed by atoms with E-state index in [2.05, 4.69) is 31.0 Å². The van der Waals surface area contributed by atoms with E-state index in [4.69, 9.17) is 4.74 Å². The van der Waals surface area contributed by atoms with Crippen molar-refractivity contribution in [2.45, 2.75) is 51.3 Å². The molecule has 1 aliphatic rings. The van der Waals surface area contributed by atoms with Gasteiger partial charge >= 0.3 is 5.97 Å². The summed E-state index contributed by atoms with van der Waals surface area (Å²) in [6.45, 7) is 6.69. The van der Waals surface area contributed by atoms with Gasteiger partial charge in [0, 0.05) is 12.6 Å². The van der Waals surface area contributed by atoms with Gasteiger partial charge in [0.15, 0.2) is 11.0 Å². The Morgan fingerprint density at radius 2 is 2.00 bits per heavy atom. The molecular formula is C21H29N3O2S. The molecule has 5 nitrogen and oxygen atoms in total. The maximum absolute atomic E-state index is 12.4. The second kappa shape index (κ2) is 8.91. The fourth-order valence-corrected chi connectivity index (χ4v) is 4.55. The molecule has 0 N–H and O–H groups in total. The Kier molecular flexibility index (Phi) is 6.58. The summed E-state index contributed by atoms with van der Waals surface area (Å²) in [5.74, 6) is 2.53. The molecule has 1 saturated carbocycles. The van der Waals surface area contributed by atoms with Crippen LogP contribution in [0, 0.1) is 17.8 Å². The quantitative estimate of drug-likeness (QED) is 0.536. The van der Waals surface area contributed by atoms with E-state index in [1.807, 2.05) is 41.9 Å². The standard InChI is InChI=1S/C21H29N3O2S/c1-14(2)17-11-10-15(3)12-18(17)26-19(25)13-27-21-23-22-20(24(21)4)16-8-6-5-7-9-16/h5-9,14-15,17-18H,10-13H2,1-4H3/t15-,17+,18-/m0/s1. The Bertz CT molecular complexity index is 760. The molecule has 146 valence electrons. The summed E-state index contributed by atoms with van der Waals surface area (Å²) in [6.07, 6.45) is 3.39. The van der Waals surface area contributed by atoms with Crippen molar-refractivity contribution < 1.29 is 9.53 Å². The van der Waals surface area contributed by atoms with Gasteiger partial charge in [0.25, 0.3) is 0 Å². The second-order valence-electron chi connectivity index (χ2n) is 7.87. The largest absolute Gasteiger partial charge is 0.461 e. The summed E-state index contributed by atoms with van der Waals surface area (Å²) < 4.78 is 7.79. The summed E-state index contributed by atoms with van der Waals surface area (Å²) in [7, 11) is 1.92. The molecule has 1 aliphatic carbocycles. The third-order valence-corrected chi connectivity index (χ3v) is 6.42. The van der Waals surface area contributed by atoms with E-state index in [9.17, 15) is 4.79 Å². The van der Waals surface area contributed by atoms with Gasteiger partial charge < -0.3 is 9.30 Å². The first kappa shape index (κ1) is 19.9. The molecule has 0 aliphatic heterocycles. The van der Waals surface area contributed by atoms with E-state index in [0.29, 0.717) is 17.8 Å². The van der Waals surface area contributed by atoms with Crippen LogP contribution >= 0.6 is 11.8 Å². The minimum Gasteiger partial charge on any atom is -0.461 e. The average molecular weight is 388 g/mol. The van der Waals surface area contributed by atoms with Gasteiger partial charge in [-0.1, -0.05) is 69.3 Å². The van der Waals surface area contributed by atoms with E-state index < -0.39 is 0 Å². The maximum Gasteiger partial charge on any atom is 0.316 e. The normalized spacial score (nSPS) is 22.8. The predicted molar refractivity (Wildman–Crippen MR) is 108 cm³/mol. The molecule has 1 fully saturated rings. The van der Waals surface area contributed by atoms with Crippen molar-refractivity contribution in [1.82, 2.24) is 14.8 Å². The molecule has 0 radical (unpaired) electrons. The van der Waals surface area contributed by atoms with Crippen LogP contribution in [0.15, 0.2) is 35.5 Å². The van der Waals surface area contributed by atoms with Crippen LogP contribution in [0.1, 0.15) is 40.0 Å². The first-order valence-electron chi connectivity index (χ1n) is 9.72. The SMILES string of the molecule is CC(C)[C@H]1CC[C@H](C)C[C@@H]1OC(=O)CSc1nnc(-c2ccccc2)n1C. The highest BCUT2D eigenvalue weighted by atomic mass is 32.2. The molecule has 0 spiro atoms. The summed E-state index contributed by atoms with van der Waals surface area (Å²) in [6, 6.07) is 9.93. The van der Waals surface area contributed by atoms with Crippen molar-refractivity contribution in [3.63, 3.8) is 0 Å². The minimum atomic E-state index is -0.158. The zero-order valence-electron chi connectivity index (χ0n) is 16.6. The third-order valence-electron chi connectivity index (χ3n) is 5.43. The molecule has 1 aromatic heterocycles. The maximum atomic E-state index is 12.4. The van der Waals surface area contributed by atoms with Gasteiger partial charge in [0.1, 0.15) is 6.10 Å². The van der Waals surface area contributed by atoms with Gasteiger partial charge in [-0.2, -0.15) is 0 Å². The summed E-state index contributed by atoms with van der Waals surface area (Å²) in [5.41, 5.74) is 1.01. The number of carbonyl (C=O) groups is 1. The number of carbonyl (C=O) groups excluding carboxylic acids is 1. The lowest BCUT2D eigenvalue weighted by atomic mass is 9.75. The van der Waals surface area contributed by atoms with Crippen molar-refractivity contribution in [1.29, 1.82) is 0 Å². The number of aromatic nitrogens is 3. The van der Waals surface area contributed by atoms with Crippen molar-refractivity contribution in [3.8, 4) is 11.4 Å². The van der Waals surface area contributed by atoms with E-state index in [0.717, 1.165) is 29.4 Å². The Labute approximate surface area is 165 Å². The lowest BCUT2D eigenvalue weighted by Crippen LogP contribution is -2.36.